The van der Waals surface area contributed by atoms with E-state index in [2.05, 4.69) is 42.5 Å². The van der Waals surface area contributed by atoms with Crippen LogP contribution in [-0.2, 0) is 6.54 Å². The molecule has 3 rings (SSSR count). The van der Waals surface area contributed by atoms with E-state index in [1.54, 1.807) is 17.6 Å². The van der Waals surface area contributed by atoms with Gasteiger partial charge in [-0.2, -0.15) is 0 Å². The van der Waals surface area contributed by atoms with Crippen molar-refractivity contribution in [2.75, 3.05) is 0 Å². The molecular weight excluding hydrogens is 300 g/mol. The molecule has 21 heavy (non-hydrogen) atoms. The van der Waals surface area contributed by atoms with E-state index in [0.29, 0.717) is 6.04 Å². The van der Waals surface area contributed by atoms with Crippen molar-refractivity contribution in [1.29, 1.82) is 0 Å². The maximum Gasteiger partial charge on any atom is 0.162 e. The molecule has 0 saturated heterocycles. The summed E-state index contributed by atoms with van der Waals surface area (Å²) in [7, 11) is 0. The lowest BCUT2D eigenvalue weighted by Crippen LogP contribution is -2.18. The van der Waals surface area contributed by atoms with E-state index in [4.69, 9.17) is 4.42 Å². The first-order valence-electron chi connectivity index (χ1n) is 6.92. The zero-order valence-electron chi connectivity index (χ0n) is 12.3. The van der Waals surface area contributed by atoms with Crippen LogP contribution in [-0.4, -0.2) is 4.98 Å². The topological polar surface area (TPSA) is 38.1 Å². The molecule has 3 aromatic rings. The van der Waals surface area contributed by atoms with Gasteiger partial charge in [0, 0.05) is 27.7 Å². The molecule has 1 unspecified atom stereocenters. The summed E-state index contributed by atoms with van der Waals surface area (Å²) in [6.45, 7) is 7.31. The van der Waals surface area contributed by atoms with Crippen LogP contribution in [0.1, 0.15) is 34.0 Å². The monoisotopic (exact) mass is 318 g/mol. The highest BCUT2D eigenvalue weighted by atomic mass is 32.1. The van der Waals surface area contributed by atoms with Gasteiger partial charge in [-0.05, 0) is 44.5 Å². The number of thiazole rings is 1. The molecule has 5 heteroatoms. The Hall–Kier alpha value is -1.43. The van der Waals surface area contributed by atoms with Crippen LogP contribution in [0.25, 0.3) is 10.8 Å². The predicted molar refractivity (Wildman–Crippen MR) is 88.9 cm³/mol. The van der Waals surface area contributed by atoms with E-state index in [1.807, 2.05) is 23.5 Å². The second kappa shape index (κ2) is 6.13. The molecule has 0 aliphatic rings. The Morgan fingerprint density at radius 1 is 1.38 bits per heavy atom. The molecule has 3 heterocycles. The van der Waals surface area contributed by atoms with Crippen molar-refractivity contribution in [2.24, 2.45) is 0 Å². The molecule has 1 N–H and O–H groups in total. The quantitative estimate of drug-likeness (QED) is 0.724. The lowest BCUT2D eigenvalue weighted by atomic mass is 10.1. The van der Waals surface area contributed by atoms with Gasteiger partial charge in [0.25, 0.3) is 0 Å². The average molecular weight is 318 g/mol. The zero-order valence-corrected chi connectivity index (χ0v) is 14.0. The van der Waals surface area contributed by atoms with Gasteiger partial charge >= 0.3 is 0 Å². The van der Waals surface area contributed by atoms with Crippen molar-refractivity contribution in [3.8, 4) is 10.8 Å². The highest BCUT2D eigenvalue weighted by Gasteiger charge is 2.12. The lowest BCUT2D eigenvalue weighted by molar-refractivity contribution is 0.566. The van der Waals surface area contributed by atoms with E-state index in [9.17, 15) is 0 Å². The number of nitrogens with one attached hydrogen (secondary N) is 1. The van der Waals surface area contributed by atoms with Crippen LogP contribution in [0.15, 0.2) is 34.3 Å². The van der Waals surface area contributed by atoms with Gasteiger partial charge in [0.2, 0.25) is 0 Å². The standard InChI is InChI=1S/C16H18N2OS2/c1-10-7-14(12(3)21-10)11(2)17-8-13-9-20-16(18-13)15-5-4-6-19-15/h4-7,9,11,17H,8H2,1-3H3. The number of hydrogen-bond donors (Lipinski definition) is 1. The molecule has 0 aliphatic carbocycles. The fourth-order valence-corrected chi connectivity index (χ4v) is 4.16. The van der Waals surface area contributed by atoms with Gasteiger partial charge in [0.05, 0.1) is 12.0 Å². The van der Waals surface area contributed by atoms with Gasteiger partial charge < -0.3 is 9.73 Å². The number of thiophene rings is 1. The van der Waals surface area contributed by atoms with E-state index in [-0.39, 0.29) is 0 Å². The third-order valence-corrected chi connectivity index (χ3v) is 5.31. The van der Waals surface area contributed by atoms with Gasteiger partial charge in [-0.15, -0.1) is 22.7 Å². The largest absolute Gasteiger partial charge is 0.462 e. The molecule has 3 nitrogen and oxygen atoms in total. The SMILES string of the molecule is Cc1cc(C(C)NCc2csc(-c3ccco3)n2)c(C)s1. The van der Waals surface area contributed by atoms with E-state index >= 15 is 0 Å². The van der Waals surface area contributed by atoms with Crippen molar-refractivity contribution >= 4 is 22.7 Å². The maximum atomic E-state index is 5.38. The Labute approximate surface area is 132 Å². The summed E-state index contributed by atoms with van der Waals surface area (Å²) in [5.74, 6) is 0.837. The minimum atomic E-state index is 0.337. The second-order valence-electron chi connectivity index (χ2n) is 5.09. The molecule has 3 aromatic heterocycles. The van der Waals surface area contributed by atoms with E-state index < -0.39 is 0 Å². The van der Waals surface area contributed by atoms with Crippen LogP contribution in [0.3, 0.4) is 0 Å². The van der Waals surface area contributed by atoms with Gasteiger partial charge in [-0.1, -0.05) is 0 Å². The highest BCUT2D eigenvalue weighted by molar-refractivity contribution is 7.13. The Kier molecular flexibility index (Phi) is 4.24. The number of rotatable bonds is 5. The molecule has 0 amide bonds. The van der Waals surface area contributed by atoms with Crippen LogP contribution < -0.4 is 5.32 Å². The van der Waals surface area contributed by atoms with Crippen LogP contribution in [0.2, 0.25) is 0 Å². The molecule has 110 valence electrons. The molecule has 0 aromatic carbocycles. The molecule has 0 aliphatic heterocycles. The lowest BCUT2D eigenvalue weighted by Gasteiger charge is -2.12. The Morgan fingerprint density at radius 2 is 2.24 bits per heavy atom. The first kappa shape index (κ1) is 14.5. The van der Waals surface area contributed by atoms with Crippen LogP contribution in [0, 0.1) is 13.8 Å². The Bertz CT molecular complexity index is 713. The minimum Gasteiger partial charge on any atom is -0.462 e. The summed E-state index contributed by atoms with van der Waals surface area (Å²) in [4.78, 5) is 7.37. The van der Waals surface area contributed by atoms with Gasteiger partial charge in [-0.25, -0.2) is 4.98 Å². The zero-order chi connectivity index (χ0) is 14.8. The Balaban J connectivity index is 1.64. The van der Waals surface area contributed by atoms with Gasteiger partial charge in [-0.3, -0.25) is 0 Å². The minimum absolute atomic E-state index is 0.337. The third-order valence-electron chi connectivity index (χ3n) is 3.42. The fraction of sp³-hybridized carbons (Fsp3) is 0.312. The summed E-state index contributed by atoms with van der Waals surface area (Å²) >= 11 is 3.47. The summed E-state index contributed by atoms with van der Waals surface area (Å²) in [5.41, 5.74) is 2.45. The number of nitrogens with zero attached hydrogens (tertiary/aromatic N) is 1. The molecule has 1 atom stereocenters. The molecule has 0 saturated carbocycles. The summed E-state index contributed by atoms with van der Waals surface area (Å²) in [6, 6.07) is 6.44. The number of hydrogen-bond acceptors (Lipinski definition) is 5. The molecule has 0 bridgehead atoms. The summed E-state index contributed by atoms with van der Waals surface area (Å²) in [5, 5.41) is 6.57. The van der Waals surface area contributed by atoms with Gasteiger partial charge in [0.1, 0.15) is 0 Å². The van der Waals surface area contributed by atoms with Crippen LogP contribution in [0.4, 0.5) is 0 Å². The average Bonchev–Trinajstić information content (AvgIpc) is 3.15. The highest BCUT2D eigenvalue weighted by Crippen LogP contribution is 2.27. The van der Waals surface area contributed by atoms with Crippen molar-refractivity contribution in [3.05, 3.63) is 50.9 Å². The molecular formula is C16H18N2OS2. The van der Waals surface area contributed by atoms with Crippen molar-refractivity contribution in [3.63, 3.8) is 0 Å². The van der Waals surface area contributed by atoms with Crippen molar-refractivity contribution < 1.29 is 4.42 Å². The summed E-state index contributed by atoms with van der Waals surface area (Å²) < 4.78 is 5.38. The Morgan fingerprint density at radius 3 is 2.90 bits per heavy atom. The summed E-state index contributed by atoms with van der Waals surface area (Å²) in [6.07, 6.45) is 1.68. The van der Waals surface area contributed by atoms with Crippen LogP contribution in [0.5, 0.6) is 0 Å². The molecule has 0 fully saturated rings. The van der Waals surface area contributed by atoms with Crippen molar-refractivity contribution in [2.45, 2.75) is 33.4 Å². The molecule has 0 radical (unpaired) electrons. The number of furan rings is 1. The van der Waals surface area contributed by atoms with Gasteiger partial charge in [0.15, 0.2) is 10.8 Å². The predicted octanol–water partition coefficient (Wildman–Crippen LogP) is 4.93. The number of aryl methyl sites for hydroxylation is 2. The smallest absolute Gasteiger partial charge is 0.162 e. The molecule has 0 spiro atoms. The number of aromatic nitrogens is 1. The second-order valence-corrected chi connectivity index (χ2v) is 7.41. The first-order chi connectivity index (χ1) is 10.1. The fourth-order valence-electron chi connectivity index (χ4n) is 2.35. The van der Waals surface area contributed by atoms with E-state index in [1.165, 1.54) is 15.3 Å². The third kappa shape index (κ3) is 3.26. The van der Waals surface area contributed by atoms with Crippen molar-refractivity contribution in [1.82, 2.24) is 10.3 Å². The maximum absolute atomic E-state index is 5.38. The normalized spacial score (nSPS) is 12.7. The van der Waals surface area contributed by atoms with E-state index in [0.717, 1.165) is 23.0 Å². The first-order valence-corrected chi connectivity index (χ1v) is 8.61. The van der Waals surface area contributed by atoms with Crippen LogP contribution >= 0.6 is 22.7 Å².